The second-order valence-electron chi connectivity index (χ2n) is 5.73. The molecule has 2 aromatic rings. The van der Waals surface area contributed by atoms with Gasteiger partial charge in [0.15, 0.2) is 0 Å². The number of halogens is 1. The number of amides is 1. The zero-order valence-electron chi connectivity index (χ0n) is 14.0. The molecule has 24 heavy (non-hydrogen) atoms. The van der Waals surface area contributed by atoms with E-state index in [0.29, 0.717) is 17.1 Å². The lowest BCUT2D eigenvalue weighted by molar-refractivity contribution is 0.0954. The summed E-state index contributed by atoms with van der Waals surface area (Å²) in [5.41, 5.74) is 2.56. The topological polar surface area (TPSA) is 54.0 Å². The molecule has 0 aliphatic heterocycles. The summed E-state index contributed by atoms with van der Waals surface area (Å²) in [4.78, 5) is 16.4. The number of aromatic nitrogens is 1. The van der Waals surface area contributed by atoms with Crippen LogP contribution < -0.4 is 10.6 Å². The Labute approximate surface area is 148 Å². The molecule has 0 atom stereocenters. The zero-order chi connectivity index (χ0) is 17.2. The van der Waals surface area contributed by atoms with Gasteiger partial charge in [0.05, 0.1) is 11.3 Å². The van der Waals surface area contributed by atoms with E-state index in [9.17, 15) is 4.79 Å². The summed E-state index contributed by atoms with van der Waals surface area (Å²) in [5.74, 6) is -0.110. The van der Waals surface area contributed by atoms with Crippen molar-refractivity contribution >= 4 is 23.2 Å². The molecular weight excluding hydrogens is 322 g/mol. The zero-order valence-corrected chi connectivity index (χ0v) is 14.8. The largest absolute Gasteiger partial charge is 0.384 e. The Morgan fingerprint density at radius 3 is 2.83 bits per heavy atom. The maximum absolute atomic E-state index is 12.2. The Bertz CT molecular complexity index is 661. The Balaban J connectivity index is 1.81. The van der Waals surface area contributed by atoms with E-state index >= 15 is 0 Å². The third-order valence-corrected chi connectivity index (χ3v) is 3.93. The highest BCUT2D eigenvalue weighted by molar-refractivity contribution is 6.30. The molecule has 0 fully saturated rings. The summed E-state index contributed by atoms with van der Waals surface area (Å²) in [6, 6.07) is 9.51. The molecule has 1 aromatic heterocycles. The van der Waals surface area contributed by atoms with Crippen LogP contribution in [0.3, 0.4) is 0 Å². The molecule has 0 unspecified atom stereocenters. The maximum atomic E-state index is 12.2. The molecule has 128 valence electrons. The van der Waals surface area contributed by atoms with Crippen LogP contribution in [-0.4, -0.2) is 24.0 Å². The molecule has 0 spiro atoms. The minimum atomic E-state index is -0.110. The van der Waals surface area contributed by atoms with Crippen molar-refractivity contribution in [2.24, 2.45) is 0 Å². The van der Waals surface area contributed by atoms with Crippen LogP contribution in [0.1, 0.15) is 42.1 Å². The maximum Gasteiger partial charge on any atom is 0.252 e. The SMILES string of the molecule is CCCCCNc1cncc(C(=O)NCCc2cccc(Cl)c2)c1. The second-order valence-corrected chi connectivity index (χ2v) is 6.17. The van der Waals surface area contributed by atoms with Gasteiger partial charge in [-0.3, -0.25) is 9.78 Å². The second kappa shape index (κ2) is 9.93. The van der Waals surface area contributed by atoms with Crippen molar-refractivity contribution < 1.29 is 4.79 Å². The number of benzene rings is 1. The number of pyridine rings is 1. The molecule has 0 aliphatic rings. The number of anilines is 1. The molecule has 5 heteroatoms. The number of nitrogens with one attached hydrogen (secondary N) is 2. The van der Waals surface area contributed by atoms with Gasteiger partial charge in [0.2, 0.25) is 0 Å². The first kappa shape index (κ1) is 18.3. The summed E-state index contributed by atoms with van der Waals surface area (Å²) in [5, 5.41) is 6.94. The minimum absolute atomic E-state index is 0.110. The Hall–Kier alpha value is -2.07. The lowest BCUT2D eigenvalue weighted by Crippen LogP contribution is -2.25. The third kappa shape index (κ3) is 6.20. The van der Waals surface area contributed by atoms with Crippen LogP contribution in [0, 0.1) is 0 Å². The molecule has 0 bridgehead atoms. The quantitative estimate of drug-likeness (QED) is 0.666. The van der Waals surface area contributed by atoms with Gasteiger partial charge in [0, 0.05) is 30.5 Å². The van der Waals surface area contributed by atoms with Crippen molar-refractivity contribution in [3.63, 3.8) is 0 Å². The van der Waals surface area contributed by atoms with Gasteiger partial charge in [0.25, 0.3) is 5.91 Å². The normalized spacial score (nSPS) is 10.4. The Morgan fingerprint density at radius 1 is 1.17 bits per heavy atom. The first-order valence-corrected chi connectivity index (χ1v) is 8.78. The molecule has 1 heterocycles. The van der Waals surface area contributed by atoms with Gasteiger partial charge in [-0.2, -0.15) is 0 Å². The van der Waals surface area contributed by atoms with Gasteiger partial charge in [-0.15, -0.1) is 0 Å². The first-order valence-electron chi connectivity index (χ1n) is 8.40. The van der Waals surface area contributed by atoms with Crippen molar-refractivity contribution in [1.29, 1.82) is 0 Å². The number of hydrogen-bond acceptors (Lipinski definition) is 3. The van der Waals surface area contributed by atoms with Gasteiger partial charge in [0.1, 0.15) is 0 Å². The fourth-order valence-corrected chi connectivity index (χ4v) is 2.60. The number of nitrogens with zero attached hydrogens (tertiary/aromatic N) is 1. The van der Waals surface area contributed by atoms with E-state index in [4.69, 9.17) is 11.6 Å². The minimum Gasteiger partial charge on any atom is -0.384 e. The van der Waals surface area contributed by atoms with Crippen molar-refractivity contribution in [2.45, 2.75) is 32.6 Å². The fraction of sp³-hybridized carbons (Fsp3) is 0.368. The van der Waals surface area contributed by atoms with Gasteiger partial charge in [-0.05, 0) is 36.6 Å². The lowest BCUT2D eigenvalue weighted by Gasteiger charge is -2.08. The summed E-state index contributed by atoms with van der Waals surface area (Å²) in [7, 11) is 0. The molecule has 0 saturated carbocycles. The van der Waals surface area contributed by atoms with Gasteiger partial charge in [-0.25, -0.2) is 0 Å². The van der Waals surface area contributed by atoms with Crippen LogP contribution in [-0.2, 0) is 6.42 Å². The van der Waals surface area contributed by atoms with Crippen LogP contribution in [0.2, 0.25) is 5.02 Å². The monoisotopic (exact) mass is 345 g/mol. The van der Waals surface area contributed by atoms with Gasteiger partial charge in [-0.1, -0.05) is 43.5 Å². The predicted molar refractivity (Wildman–Crippen MR) is 99.7 cm³/mol. The summed E-state index contributed by atoms with van der Waals surface area (Å²) in [6.07, 6.45) is 7.58. The van der Waals surface area contributed by atoms with Gasteiger partial charge >= 0.3 is 0 Å². The molecule has 2 rings (SSSR count). The van der Waals surface area contributed by atoms with Crippen molar-refractivity contribution in [3.8, 4) is 0 Å². The number of unbranched alkanes of at least 4 members (excludes halogenated alkanes) is 2. The van der Waals surface area contributed by atoms with Crippen LogP contribution in [0.25, 0.3) is 0 Å². The molecular formula is C19H24ClN3O. The molecule has 0 aliphatic carbocycles. The van der Waals surface area contributed by atoms with E-state index in [1.165, 1.54) is 12.8 Å². The van der Waals surface area contributed by atoms with Crippen molar-refractivity contribution in [1.82, 2.24) is 10.3 Å². The fourth-order valence-electron chi connectivity index (χ4n) is 2.38. The average Bonchev–Trinajstić information content (AvgIpc) is 2.59. The van der Waals surface area contributed by atoms with Gasteiger partial charge < -0.3 is 10.6 Å². The van der Waals surface area contributed by atoms with E-state index in [1.54, 1.807) is 12.4 Å². The van der Waals surface area contributed by atoms with Crippen molar-refractivity contribution in [3.05, 3.63) is 58.9 Å². The van der Waals surface area contributed by atoms with Crippen LogP contribution in [0.5, 0.6) is 0 Å². The molecule has 0 radical (unpaired) electrons. The van der Waals surface area contributed by atoms with E-state index < -0.39 is 0 Å². The number of carbonyl (C=O) groups excluding carboxylic acids is 1. The number of rotatable bonds is 9. The standard InChI is InChI=1S/C19H24ClN3O/c1-2-3-4-9-22-18-12-16(13-21-14-18)19(24)23-10-8-15-6-5-7-17(20)11-15/h5-7,11-14,22H,2-4,8-10H2,1H3,(H,23,24). The first-order chi connectivity index (χ1) is 11.7. The average molecular weight is 346 g/mol. The molecule has 2 N–H and O–H groups in total. The van der Waals surface area contributed by atoms with Crippen LogP contribution in [0.15, 0.2) is 42.7 Å². The van der Waals surface area contributed by atoms with E-state index in [1.807, 2.05) is 30.3 Å². The van der Waals surface area contributed by atoms with Crippen molar-refractivity contribution in [2.75, 3.05) is 18.4 Å². The molecule has 0 saturated heterocycles. The highest BCUT2D eigenvalue weighted by atomic mass is 35.5. The highest BCUT2D eigenvalue weighted by Gasteiger charge is 2.06. The summed E-state index contributed by atoms with van der Waals surface area (Å²) < 4.78 is 0. The van der Waals surface area contributed by atoms with E-state index in [2.05, 4.69) is 22.5 Å². The number of carbonyl (C=O) groups is 1. The number of hydrogen-bond donors (Lipinski definition) is 2. The van der Waals surface area contributed by atoms with Crippen LogP contribution >= 0.6 is 11.6 Å². The molecule has 4 nitrogen and oxygen atoms in total. The Morgan fingerprint density at radius 2 is 2.04 bits per heavy atom. The third-order valence-electron chi connectivity index (χ3n) is 3.70. The molecule has 1 amide bonds. The van der Waals surface area contributed by atoms with E-state index in [-0.39, 0.29) is 5.91 Å². The smallest absolute Gasteiger partial charge is 0.252 e. The predicted octanol–water partition coefficient (Wildman–Crippen LogP) is 4.31. The summed E-state index contributed by atoms with van der Waals surface area (Å²) >= 11 is 5.96. The highest BCUT2D eigenvalue weighted by Crippen LogP contribution is 2.11. The lowest BCUT2D eigenvalue weighted by atomic mass is 10.1. The Kier molecular flexibility index (Phi) is 7.56. The molecule has 1 aromatic carbocycles. The van der Waals surface area contributed by atoms with E-state index in [0.717, 1.165) is 30.6 Å². The van der Waals surface area contributed by atoms with Crippen LogP contribution in [0.4, 0.5) is 5.69 Å². The summed E-state index contributed by atoms with van der Waals surface area (Å²) in [6.45, 7) is 3.64.